The van der Waals surface area contributed by atoms with Gasteiger partial charge in [0.15, 0.2) is 11.6 Å². The predicted octanol–water partition coefficient (Wildman–Crippen LogP) is 1.95. The minimum absolute atomic E-state index is 0.0239. The molecule has 2 saturated heterocycles. The summed E-state index contributed by atoms with van der Waals surface area (Å²) >= 11 is 0. The van der Waals surface area contributed by atoms with E-state index in [1.165, 1.54) is 0 Å². The van der Waals surface area contributed by atoms with E-state index in [0.29, 0.717) is 98.8 Å². The highest BCUT2D eigenvalue weighted by Crippen LogP contribution is 2.44. The molecule has 0 aliphatic carbocycles. The minimum Gasteiger partial charge on any atom is -0.492 e. The number of fused-ring (bicyclic) bond motifs is 2. The largest absolute Gasteiger partial charge is 0.492 e. The molecule has 58 heavy (non-hydrogen) atoms. The maximum atomic E-state index is 16.8. The molecule has 7 unspecified atom stereocenters. The quantitative estimate of drug-likeness (QED) is 0.150. The number of aliphatic hydroxyl groups excluding tert-OH is 2. The number of allylic oxidation sites excluding steroid dienone is 2. The van der Waals surface area contributed by atoms with Gasteiger partial charge in [0.1, 0.15) is 30.2 Å². The van der Waals surface area contributed by atoms with Crippen LogP contribution < -0.4 is 62.6 Å². The molecule has 0 saturated carbocycles. The monoisotopic (exact) mass is 808 g/mol. The highest BCUT2D eigenvalue weighted by Gasteiger charge is 2.35. The fourth-order valence-corrected chi connectivity index (χ4v) is 9.32. The molecule has 16 heteroatoms. The van der Waals surface area contributed by atoms with E-state index in [9.17, 15) is 10.2 Å². The fraction of sp³-hybridized carbons (Fsp3) is 0.619. The van der Waals surface area contributed by atoms with E-state index < -0.39 is 6.29 Å². The summed E-state index contributed by atoms with van der Waals surface area (Å²) in [5, 5.41) is 54.1. The smallest absolute Gasteiger partial charge is 0.157 e. The number of ether oxygens (including phenoxy) is 2. The van der Waals surface area contributed by atoms with Crippen LogP contribution in [-0.2, 0) is 12.8 Å². The van der Waals surface area contributed by atoms with Gasteiger partial charge in [0.25, 0.3) is 0 Å². The zero-order valence-corrected chi connectivity index (χ0v) is 33.9. The molecule has 6 heterocycles. The molecule has 0 radical (unpaired) electrons. The molecule has 0 spiro atoms. The standard InChI is InChI=1S/C42H62F2N10O4/c1-22-14-33(45-3)53-41(49-22)52-32-18-27-16-30(58-40(27)36(38(32)44)25-5-7-29(21-56)47-12-9-25)19-48-34-15-23(2)50-42(54-34)51-31-17-26-10-13-57-39(26)35(37(31)43)24-4-6-28(20-55)46-11-8-24/h8-9,17-18,22-23,28-30,33-34,41-42,45-56H,4-7,10-16,19-21H2,1-3H3/t22?,23?,28-,29+,30?,33?,34?,41?,42?/m0/s1. The van der Waals surface area contributed by atoms with E-state index in [2.05, 4.69) is 67.0 Å². The lowest BCUT2D eigenvalue weighted by Crippen LogP contribution is -2.65. The van der Waals surface area contributed by atoms with E-state index in [0.717, 1.165) is 35.1 Å². The van der Waals surface area contributed by atoms with Crippen LogP contribution in [0.4, 0.5) is 20.2 Å². The van der Waals surface area contributed by atoms with E-state index in [-0.39, 0.29) is 73.7 Å². The van der Waals surface area contributed by atoms with Gasteiger partial charge in [-0.05, 0) is 82.7 Å². The molecule has 2 fully saturated rings. The molecular weight excluding hydrogens is 747 g/mol. The number of anilines is 2. The Bertz CT molecular complexity index is 1850. The molecule has 0 amide bonds. The second kappa shape index (κ2) is 18.5. The molecule has 9 atom stereocenters. The first-order valence-corrected chi connectivity index (χ1v) is 21.2. The maximum Gasteiger partial charge on any atom is 0.157 e. The van der Waals surface area contributed by atoms with Gasteiger partial charge in [-0.3, -0.25) is 26.6 Å². The van der Waals surface area contributed by atoms with Crippen LogP contribution >= 0.6 is 0 Å². The van der Waals surface area contributed by atoms with Gasteiger partial charge in [-0.15, -0.1) is 0 Å². The predicted molar refractivity (Wildman–Crippen MR) is 222 cm³/mol. The molecule has 0 bridgehead atoms. The molecule has 14 nitrogen and oxygen atoms in total. The third-order valence-corrected chi connectivity index (χ3v) is 12.4. The summed E-state index contributed by atoms with van der Waals surface area (Å²) in [6.07, 6.45) is 8.65. The van der Waals surface area contributed by atoms with Crippen LogP contribution in [0.3, 0.4) is 0 Å². The zero-order valence-electron chi connectivity index (χ0n) is 33.9. The summed E-state index contributed by atoms with van der Waals surface area (Å²) < 4.78 is 45.9. The van der Waals surface area contributed by atoms with E-state index in [1.54, 1.807) is 0 Å². The Hall–Kier alpha value is -3.42. The average Bonchev–Trinajstić information content (AvgIpc) is 3.67. The van der Waals surface area contributed by atoms with Gasteiger partial charge < -0.3 is 46.3 Å². The zero-order chi connectivity index (χ0) is 40.3. The summed E-state index contributed by atoms with van der Waals surface area (Å²) in [5.41, 5.74) is 5.51. The van der Waals surface area contributed by atoms with Crippen molar-refractivity contribution in [2.45, 2.75) is 120 Å². The fourth-order valence-electron chi connectivity index (χ4n) is 9.32. The average molecular weight is 809 g/mol. The van der Waals surface area contributed by atoms with Crippen LogP contribution in [0.2, 0.25) is 0 Å². The SMILES string of the molecule is CNC1CC(C)NC(Nc2cc3c(c(C4=CCN[C@@H](CO)CC4)c2F)OC(CNC2CC(C)NC(Nc4cc5c(c(C6=CCN[C@H](CO)CC6)c4F)OCC5)N2)C3)N1. The number of rotatable bonds is 12. The van der Waals surface area contributed by atoms with Crippen LogP contribution in [0.25, 0.3) is 11.1 Å². The summed E-state index contributed by atoms with van der Waals surface area (Å²) in [7, 11) is 1.92. The molecule has 8 rings (SSSR count). The van der Waals surface area contributed by atoms with Crippen molar-refractivity contribution in [1.29, 1.82) is 0 Å². The second-order valence-electron chi connectivity index (χ2n) is 16.8. The normalized spacial score (nSPS) is 31.2. The first-order valence-electron chi connectivity index (χ1n) is 21.2. The van der Waals surface area contributed by atoms with Crippen LogP contribution in [0.15, 0.2) is 24.3 Å². The summed E-state index contributed by atoms with van der Waals surface area (Å²) in [5.74, 6) is 0.520. The van der Waals surface area contributed by atoms with E-state index in [4.69, 9.17) is 9.47 Å². The summed E-state index contributed by atoms with van der Waals surface area (Å²) in [6.45, 7) is 6.42. The van der Waals surface area contributed by atoms with Gasteiger partial charge in [-0.2, -0.15) is 0 Å². The van der Waals surface area contributed by atoms with Crippen LogP contribution in [0, 0.1) is 11.6 Å². The van der Waals surface area contributed by atoms with Gasteiger partial charge in [-0.25, -0.2) is 8.78 Å². The van der Waals surface area contributed by atoms with Crippen molar-refractivity contribution in [2.24, 2.45) is 0 Å². The number of halogens is 2. The van der Waals surface area contributed by atoms with E-state index >= 15 is 8.78 Å². The highest BCUT2D eigenvalue weighted by molar-refractivity contribution is 5.78. The topological polar surface area (TPSA) is 179 Å². The lowest BCUT2D eigenvalue weighted by Gasteiger charge is -2.38. The summed E-state index contributed by atoms with van der Waals surface area (Å²) in [6, 6.07) is 4.02. The maximum absolute atomic E-state index is 16.8. The molecule has 2 aromatic carbocycles. The Morgan fingerprint density at radius 3 is 1.91 bits per heavy atom. The van der Waals surface area contributed by atoms with Crippen molar-refractivity contribution in [3.05, 3.63) is 58.2 Å². The van der Waals surface area contributed by atoms with Gasteiger partial charge in [0.2, 0.25) is 0 Å². The minimum atomic E-state index is -0.422. The molecule has 0 aromatic heterocycles. The van der Waals surface area contributed by atoms with Crippen LogP contribution in [0.5, 0.6) is 11.5 Å². The van der Waals surface area contributed by atoms with Crippen molar-refractivity contribution in [3.8, 4) is 11.5 Å². The Balaban J connectivity index is 0.964. The Kier molecular flexibility index (Phi) is 13.2. The molecule has 6 aliphatic rings. The first-order chi connectivity index (χ1) is 28.2. The van der Waals surface area contributed by atoms with E-state index in [1.807, 2.05) is 31.3 Å². The third kappa shape index (κ3) is 9.16. The van der Waals surface area contributed by atoms with Crippen molar-refractivity contribution in [1.82, 2.24) is 42.5 Å². The Labute approximate surface area is 340 Å². The molecule has 2 aromatic rings. The lowest BCUT2D eigenvalue weighted by molar-refractivity contribution is 0.189. The van der Waals surface area contributed by atoms with Crippen LogP contribution in [0.1, 0.15) is 74.6 Å². The van der Waals surface area contributed by atoms with Gasteiger partial charge in [0.05, 0.1) is 54.7 Å². The lowest BCUT2D eigenvalue weighted by atomic mass is 9.94. The third-order valence-electron chi connectivity index (χ3n) is 12.4. The Morgan fingerprint density at radius 2 is 1.31 bits per heavy atom. The van der Waals surface area contributed by atoms with Gasteiger partial charge in [-0.1, -0.05) is 12.2 Å². The number of aliphatic hydroxyl groups is 2. The number of hydrogen-bond donors (Lipinski definition) is 12. The number of nitrogens with one attached hydrogen (secondary N) is 10. The second-order valence-corrected chi connectivity index (χ2v) is 16.8. The molecule has 12 N–H and O–H groups in total. The summed E-state index contributed by atoms with van der Waals surface area (Å²) in [4.78, 5) is 0. The van der Waals surface area contributed by atoms with Crippen LogP contribution in [-0.4, -0.2) is 112 Å². The molecular formula is C42H62F2N10O4. The molecule has 6 aliphatic heterocycles. The number of hydrogen-bond acceptors (Lipinski definition) is 14. The van der Waals surface area contributed by atoms with Crippen molar-refractivity contribution in [3.63, 3.8) is 0 Å². The van der Waals surface area contributed by atoms with Gasteiger partial charge in [0, 0.05) is 67.8 Å². The first kappa shape index (κ1) is 41.3. The highest BCUT2D eigenvalue weighted by atomic mass is 19.1. The Morgan fingerprint density at radius 1 is 0.741 bits per heavy atom. The molecule has 318 valence electrons. The van der Waals surface area contributed by atoms with Crippen molar-refractivity contribution in [2.75, 3.05) is 57.1 Å². The van der Waals surface area contributed by atoms with Crippen molar-refractivity contribution >= 4 is 22.5 Å². The van der Waals surface area contributed by atoms with Crippen molar-refractivity contribution < 1.29 is 28.5 Å². The number of benzene rings is 2. The van der Waals surface area contributed by atoms with Gasteiger partial charge >= 0.3 is 0 Å².